The third kappa shape index (κ3) is 2.76. The third-order valence-electron chi connectivity index (χ3n) is 3.17. The molecule has 4 heteroatoms. The molecule has 4 nitrogen and oxygen atoms in total. The fourth-order valence-electron chi connectivity index (χ4n) is 1.76. The van der Waals surface area contributed by atoms with Crippen molar-refractivity contribution in [3.05, 3.63) is 46.6 Å². The molecule has 0 amide bonds. The predicted octanol–water partition coefficient (Wildman–Crippen LogP) is 2.69. The molecular formula is C14H19N3O. The van der Waals surface area contributed by atoms with E-state index in [0.29, 0.717) is 18.1 Å². The fourth-order valence-corrected chi connectivity index (χ4v) is 1.76. The van der Waals surface area contributed by atoms with E-state index in [-0.39, 0.29) is 6.04 Å². The summed E-state index contributed by atoms with van der Waals surface area (Å²) >= 11 is 0. The Bertz CT molecular complexity index is 534. The van der Waals surface area contributed by atoms with Crippen molar-refractivity contribution in [1.29, 1.82) is 0 Å². The molecule has 2 N–H and O–H groups in total. The van der Waals surface area contributed by atoms with Crippen LogP contribution in [0.2, 0.25) is 0 Å². The summed E-state index contributed by atoms with van der Waals surface area (Å²) in [7, 11) is 0. The number of nitrogens with two attached hydrogens (primary N) is 1. The molecule has 96 valence electrons. The zero-order valence-corrected chi connectivity index (χ0v) is 11.1. The standard InChI is InChI=1S/C14H19N3O/c1-4-12(15)14-16-13(17-18-14)8-11-6-5-9(2)10(3)7-11/h5-7,12H,4,8,15H2,1-3H3. The lowest BCUT2D eigenvalue weighted by atomic mass is 10.0. The van der Waals surface area contributed by atoms with Crippen LogP contribution in [0.25, 0.3) is 0 Å². The Labute approximate surface area is 107 Å². The van der Waals surface area contributed by atoms with Gasteiger partial charge in [0.05, 0.1) is 6.04 Å². The van der Waals surface area contributed by atoms with E-state index < -0.39 is 0 Å². The van der Waals surface area contributed by atoms with Gasteiger partial charge in [0, 0.05) is 6.42 Å². The van der Waals surface area contributed by atoms with E-state index >= 15 is 0 Å². The molecule has 1 aromatic heterocycles. The Hall–Kier alpha value is -1.68. The van der Waals surface area contributed by atoms with Crippen LogP contribution in [-0.4, -0.2) is 10.1 Å². The van der Waals surface area contributed by atoms with Crippen LogP contribution in [0.3, 0.4) is 0 Å². The summed E-state index contributed by atoms with van der Waals surface area (Å²) in [6.45, 7) is 6.21. The first-order valence-corrected chi connectivity index (χ1v) is 6.24. The van der Waals surface area contributed by atoms with Gasteiger partial charge in [-0.1, -0.05) is 30.3 Å². The molecule has 1 aromatic carbocycles. The number of rotatable bonds is 4. The van der Waals surface area contributed by atoms with Crippen LogP contribution < -0.4 is 5.73 Å². The summed E-state index contributed by atoms with van der Waals surface area (Å²) in [5.74, 6) is 1.22. The van der Waals surface area contributed by atoms with Gasteiger partial charge in [0.25, 0.3) is 0 Å². The zero-order chi connectivity index (χ0) is 13.1. The first-order chi connectivity index (χ1) is 8.60. The number of hydrogen-bond acceptors (Lipinski definition) is 4. The lowest BCUT2D eigenvalue weighted by Crippen LogP contribution is -2.08. The second kappa shape index (κ2) is 5.31. The quantitative estimate of drug-likeness (QED) is 0.899. The maximum absolute atomic E-state index is 5.85. The SMILES string of the molecule is CCC(N)c1nc(Cc2ccc(C)c(C)c2)no1. The number of hydrogen-bond donors (Lipinski definition) is 1. The Morgan fingerprint density at radius 1 is 1.28 bits per heavy atom. The molecule has 0 saturated heterocycles. The van der Waals surface area contributed by atoms with Crippen LogP contribution in [0.4, 0.5) is 0 Å². The van der Waals surface area contributed by atoms with Gasteiger partial charge in [-0.2, -0.15) is 4.98 Å². The molecule has 0 spiro atoms. The van der Waals surface area contributed by atoms with Gasteiger partial charge < -0.3 is 10.3 Å². The summed E-state index contributed by atoms with van der Waals surface area (Å²) in [5.41, 5.74) is 9.61. The molecule has 18 heavy (non-hydrogen) atoms. The van der Waals surface area contributed by atoms with E-state index in [9.17, 15) is 0 Å². The zero-order valence-electron chi connectivity index (χ0n) is 11.1. The average Bonchev–Trinajstić information content (AvgIpc) is 2.81. The van der Waals surface area contributed by atoms with E-state index in [1.807, 2.05) is 6.92 Å². The smallest absolute Gasteiger partial charge is 0.243 e. The normalized spacial score (nSPS) is 12.7. The molecule has 1 unspecified atom stereocenters. The highest BCUT2D eigenvalue weighted by atomic mass is 16.5. The molecule has 0 fully saturated rings. The molecule has 2 aromatic rings. The molecule has 0 radical (unpaired) electrons. The molecule has 0 bridgehead atoms. The van der Waals surface area contributed by atoms with Crippen LogP contribution in [0, 0.1) is 13.8 Å². The first kappa shape index (κ1) is 12.8. The van der Waals surface area contributed by atoms with Crippen molar-refractivity contribution in [2.45, 2.75) is 39.7 Å². The topological polar surface area (TPSA) is 64.9 Å². The molecule has 1 heterocycles. The minimum atomic E-state index is -0.161. The van der Waals surface area contributed by atoms with Gasteiger partial charge in [-0.3, -0.25) is 0 Å². The first-order valence-electron chi connectivity index (χ1n) is 6.24. The van der Waals surface area contributed by atoms with Gasteiger partial charge in [0.15, 0.2) is 5.82 Å². The van der Waals surface area contributed by atoms with Crippen molar-refractivity contribution in [2.75, 3.05) is 0 Å². The molecule has 0 aliphatic heterocycles. The van der Waals surface area contributed by atoms with Crippen LogP contribution >= 0.6 is 0 Å². The predicted molar refractivity (Wildman–Crippen MR) is 70.2 cm³/mol. The Kier molecular flexibility index (Phi) is 3.77. The van der Waals surface area contributed by atoms with Gasteiger partial charge in [0.1, 0.15) is 0 Å². The molecule has 0 aliphatic rings. The number of aromatic nitrogens is 2. The van der Waals surface area contributed by atoms with Crippen LogP contribution in [-0.2, 0) is 6.42 Å². The lowest BCUT2D eigenvalue weighted by molar-refractivity contribution is 0.348. The molecular weight excluding hydrogens is 226 g/mol. The number of nitrogens with zero attached hydrogens (tertiary/aromatic N) is 2. The van der Waals surface area contributed by atoms with E-state index in [2.05, 4.69) is 42.2 Å². The van der Waals surface area contributed by atoms with Crippen molar-refractivity contribution < 1.29 is 4.52 Å². The van der Waals surface area contributed by atoms with Crippen molar-refractivity contribution in [3.8, 4) is 0 Å². The van der Waals surface area contributed by atoms with Crippen molar-refractivity contribution in [3.63, 3.8) is 0 Å². The lowest BCUT2D eigenvalue weighted by Gasteiger charge is -2.02. The summed E-state index contributed by atoms with van der Waals surface area (Å²) in [5, 5.41) is 3.97. The Balaban J connectivity index is 2.13. The number of benzene rings is 1. The summed E-state index contributed by atoms with van der Waals surface area (Å²) in [4.78, 5) is 4.33. The van der Waals surface area contributed by atoms with Gasteiger partial charge in [-0.05, 0) is 37.0 Å². The Morgan fingerprint density at radius 3 is 2.72 bits per heavy atom. The highest BCUT2D eigenvalue weighted by Gasteiger charge is 2.13. The van der Waals surface area contributed by atoms with Crippen LogP contribution in [0.5, 0.6) is 0 Å². The van der Waals surface area contributed by atoms with E-state index in [0.717, 1.165) is 6.42 Å². The summed E-state index contributed by atoms with van der Waals surface area (Å²) in [6.07, 6.45) is 1.48. The second-order valence-electron chi connectivity index (χ2n) is 4.66. The molecule has 0 saturated carbocycles. The van der Waals surface area contributed by atoms with Crippen molar-refractivity contribution in [1.82, 2.24) is 10.1 Å². The van der Waals surface area contributed by atoms with E-state index in [1.54, 1.807) is 0 Å². The van der Waals surface area contributed by atoms with Crippen LogP contribution in [0.15, 0.2) is 22.7 Å². The largest absolute Gasteiger partial charge is 0.338 e. The summed E-state index contributed by atoms with van der Waals surface area (Å²) in [6, 6.07) is 6.21. The Morgan fingerprint density at radius 2 is 2.06 bits per heavy atom. The highest BCUT2D eigenvalue weighted by Crippen LogP contribution is 2.15. The molecule has 0 aliphatic carbocycles. The monoisotopic (exact) mass is 245 g/mol. The maximum Gasteiger partial charge on any atom is 0.243 e. The second-order valence-corrected chi connectivity index (χ2v) is 4.66. The van der Waals surface area contributed by atoms with Gasteiger partial charge in [0.2, 0.25) is 5.89 Å². The van der Waals surface area contributed by atoms with Crippen molar-refractivity contribution >= 4 is 0 Å². The third-order valence-corrected chi connectivity index (χ3v) is 3.17. The minimum Gasteiger partial charge on any atom is -0.338 e. The maximum atomic E-state index is 5.85. The van der Waals surface area contributed by atoms with Crippen molar-refractivity contribution in [2.24, 2.45) is 5.73 Å². The molecule has 1 atom stereocenters. The van der Waals surface area contributed by atoms with Crippen LogP contribution in [0.1, 0.15) is 47.8 Å². The van der Waals surface area contributed by atoms with Gasteiger partial charge in [-0.15, -0.1) is 0 Å². The van der Waals surface area contributed by atoms with E-state index in [1.165, 1.54) is 16.7 Å². The number of aryl methyl sites for hydroxylation is 2. The van der Waals surface area contributed by atoms with Gasteiger partial charge in [-0.25, -0.2) is 0 Å². The van der Waals surface area contributed by atoms with Gasteiger partial charge >= 0.3 is 0 Å². The average molecular weight is 245 g/mol. The van der Waals surface area contributed by atoms with E-state index in [4.69, 9.17) is 10.3 Å². The minimum absolute atomic E-state index is 0.161. The highest BCUT2D eigenvalue weighted by molar-refractivity contribution is 5.31. The summed E-state index contributed by atoms with van der Waals surface area (Å²) < 4.78 is 5.16. The fraction of sp³-hybridized carbons (Fsp3) is 0.429. The molecule has 2 rings (SSSR count).